The van der Waals surface area contributed by atoms with Gasteiger partial charge < -0.3 is 0 Å². The van der Waals surface area contributed by atoms with Crippen molar-refractivity contribution in [3.63, 3.8) is 0 Å². The van der Waals surface area contributed by atoms with Crippen LogP contribution in [0.1, 0.15) is 30.7 Å². The molecule has 0 N–H and O–H groups in total. The van der Waals surface area contributed by atoms with E-state index in [1.807, 2.05) is 12.4 Å². The summed E-state index contributed by atoms with van der Waals surface area (Å²) in [4.78, 5) is 4.02. The second-order valence-corrected chi connectivity index (χ2v) is 3.26. The molecule has 0 bridgehead atoms. The van der Waals surface area contributed by atoms with Crippen LogP contribution in [-0.2, 0) is 0 Å². The summed E-state index contributed by atoms with van der Waals surface area (Å²) in [6.07, 6.45) is 12.0. The largest absolute Gasteiger partial charge is 0.265 e. The maximum Gasteiger partial charge on any atom is 0.0270 e. The van der Waals surface area contributed by atoms with Crippen LogP contribution in [0.2, 0.25) is 0 Å². The summed E-state index contributed by atoms with van der Waals surface area (Å²) in [5, 5.41) is 0. The fourth-order valence-electron chi connectivity index (χ4n) is 1.73. The second-order valence-electron chi connectivity index (χ2n) is 3.26. The SMILES string of the molecule is C1=CC[C@@H](c2ccncc2)CC1. The van der Waals surface area contributed by atoms with Gasteiger partial charge in [-0.05, 0) is 42.9 Å². The van der Waals surface area contributed by atoms with Crippen LogP contribution in [0.5, 0.6) is 0 Å². The number of pyridine rings is 1. The molecule has 1 nitrogen and oxygen atoms in total. The van der Waals surface area contributed by atoms with Gasteiger partial charge in [0, 0.05) is 12.4 Å². The Morgan fingerprint density at radius 1 is 1.17 bits per heavy atom. The molecule has 12 heavy (non-hydrogen) atoms. The van der Waals surface area contributed by atoms with Crippen molar-refractivity contribution < 1.29 is 0 Å². The number of aromatic nitrogens is 1. The molecular weight excluding hydrogens is 146 g/mol. The molecule has 1 aromatic rings. The van der Waals surface area contributed by atoms with Gasteiger partial charge in [0.2, 0.25) is 0 Å². The lowest BCUT2D eigenvalue weighted by Gasteiger charge is -2.17. The maximum atomic E-state index is 4.02. The van der Waals surface area contributed by atoms with Gasteiger partial charge in [-0.1, -0.05) is 12.2 Å². The quantitative estimate of drug-likeness (QED) is 0.574. The first-order valence-electron chi connectivity index (χ1n) is 4.52. The molecule has 62 valence electrons. The molecule has 0 radical (unpaired) electrons. The van der Waals surface area contributed by atoms with Gasteiger partial charge in [-0.15, -0.1) is 0 Å². The fraction of sp³-hybridized carbons (Fsp3) is 0.364. The van der Waals surface area contributed by atoms with E-state index < -0.39 is 0 Å². The molecule has 0 unspecified atom stereocenters. The molecule has 1 heterocycles. The zero-order valence-corrected chi connectivity index (χ0v) is 7.11. The van der Waals surface area contributed by atoms with Crippen molar-refractivity contribution in [2.45, 2.75) is 25.2 Å². The Hall–Kier alpha value is -1.11. The van der Waals surface area contributed by atoms with Crippen LogP contribution in [0.3, 0.4) is 0 Å². The Labute approximate surface area is 73.1 Å². The normalized spacial score (nSPS) is 22.5. The number of hydrogen-bond donors (Lipinski definition) is 0. The minimum atomic E-state index is 0.734. The van der Waals surface area contributed by atoms with Crippen LogP contribution in [0.15, 0.2) is 36.7 Å². The average molecular weight is 159 g/mol. The Bertz CT molecular complexity index is 264. The smallest absolute Gasteiger partial charge is 0.0270 e. The summed E-state index contributed by atoms with van der Waals surface area (Å²) in [7, 11) is 0. The van der Waals surface area contributed by atoms with Gasteiger partial charge in [-0.3, -0.25) is 4.98 Å². The molecule has 0 aromatic carbocycles. The highest BCUT2D eigenvalue weighted by molar-refractivity contribution is 5.18. The molecule has 1 heteroatoms. The first kappa shape index (κ1) is 7.53. The fourth-order valence-corrected chi connectivity index (χ4v) is 1.73. The zero-order chi connectivity index (χ0) is 8.23. The Balaban J connectivity index is 2.15. The molecule has 0 fully saturated rings. The molecule has 2 rings (SSSR count). The number of allylic oxidation sites excluding steroid dienone is 2. The highest BCUT2D eigenvalue weighted by atomic mass is 14.6. The van der Waals surface area contributed by atoms with Crippen molar-refractivity contribution in [2.75, 3.05) is 0 Å². The number of rotatable bonds is 1. The minimum absolute atomic E-state index is 0.734. The van der Waals surface area contributed by atoms with Crippen LogP contribution in [0, 0.1) is 0 Å². The predicted molar refractivity (Wildman–Crippen MR) is 50.0 cm³/mol. The second kappa shape index (κ2) is 3.53. The van der Waals surface area contributed by atoms with E-state index in [0.717, 1.165) is 5.92 Å². The highest BCUT2D eigenvalue weighted by Gasteiger charge is 2.10. The summed E-state index contributed by atoms with van der Waals surface area (Å²) >= 11 is 0. The van der Waals surface area contributed by atoms with Crippen molar-refractivity contribution in [1.29, 1.82) is 0 Å². The van der Waals surface area contributed by atoms with E-state index in [4.69, 9.17) is 0 Å². The minimum Gasteiger partial charge on any atom is -0.265 e. The topological polar surface area (TPSA) is 12.9 Å². The third-order valence-electron chi connectivity index (χ3n) is 2.45. The third kappa shape index (κ3) is 1.55. The molecule has 0 saturated heterocycles. The van der Waals surface area contributed by atoms with Gasteiger partial charge in [0.15, 0.2) is 0 Å². The van der Waals surface area contributed by atoms with Crippen LogP contribution in [0.4, 0.5) is 0 Å². The lowest BCUT2D eigenvalue weighted by molar-refractivity contribution is 0.616. The highest BCUT2D eigenvalue weighted by Crippen LogP contribution is 2.28. The molecule has 1 aliphatic rings. The van der Waals surface area contributed by atoms with Crippen LogP contribution >= 0.6 is 0 Å². The van der Waals surface area contributed by atoms with Gasteiger partial charge >= 0.3 is 0 Å². The standard InChI is InChI=1S/C11H13N/c1-2-4-10(5-3-1)11-6-8-12-9-7-11/h1-2,6-10H,3-5H2/t10-/m1/s1. The van der Waals surface area contributed by atoms with Crippen molar-refractivity contribution in [2.24, 2.45) is 0 Å². The maximum absolute atomic E-state index is 4.02. The Morgan fingerprint density at radius 2 is 2.00 bits per heavy atom. The van der Waals surface area contributed by atoms with Gasteiger partial charge in [0.1, 0.15) is 0 Å². The number of hydrogen-bond acceptors (Lipinski definition) is 1. The number of nitrogens with zero attached hydrogens (tertiary/aromatic N) is 1. The molecule has 0 saturated carbocycles. The molecule has 0 spiro atoms. The molecule has 1 aromatic heterocycles. The van der Waals surface area contributed by atoms with Crippen LogP contribution < -0.4 is 0 Å². The molecular formula is C11H13N. The first-order chi connectivity index (χ1) is 5.97. The van der Waals surface area contributed by atoms with Crippen molar-refractivity contribution in [3.8, 4) is 0 Å². The van der Waals surface area contributed by atoms with E-state index in [2.05, 4.69) is 29.3 Å². The molecule has 0 aliphatic heterocycles. The Kier molecular flexibility index (Phi) is 2.21. The van der Waals surface area contributed by atoms with Gasteiger partial charge in [-0.2, -0.15) is 0 Å². The van der Waals surface area contributed by atoms with Gasteiger partial charge in [0.25, 0.3) is 0 Å². The molecule has 0 amide bonds. The van der Waals surface area contributed by atoms with Crippen LogP contribution in [0.25, 0.3) is 0 Å². The summed E-state index contributed by atoms with van der Waals surface area (Å²) in [6, 6.07) is 4.26. The summed E-state index contributed by atoms with van der Waals surface area (Å²) in [6.45, 7) is 0. The van der Waals surface area contributed by atoms with E-state index in [1.165, 1.54) is 24.8 Å². The van der Waals surface area contributed by atoms with Crippen molar-refractivity contribution in [3.05, 3.63) is 42.2 Å². The molecule has 1 aliphatic carbocycles. The summed E-state index contributed by atoms with van der Waals surface area (Å²) in [5.41, 5.74) is 1.44. The predicted octanol–water partition coefficient (Wildman–Crippen LogP) is 2.91. The summed E-state index contributed by atoms with van der Waals surface area (Å²) in [5.74, 6) is 0.734. The Morgan fingerprint density at radius 3 is 2.67 bits per heavy atom. The zero-order valence-electron chi connectivity index (χ0n) is 7.11. The van der Waals surface area contributed by atoms with Crippen LogP contribution in [-0.4, -0.2) is 4.98 Å². The average Bonchev–Trinajstić information content (AvgIpc) is 2.21. The van der Waals surface area contributed by atoms with Crippen molar-refractivity contribution in [1.82, 2.24) is 4.98 Å². The van der Waals surface area contributed by atoms with Crippen molar-refractivity contribution >= 4 is 0 Å². The first-order valence-corrected chi connectivity index (χ1v) is 4.52. The summed E-state index contributed by atoms with van der Waals surface area (Å²) < 4.78 is 0. The molecule has 1 atom stereocenters. The van der Waals surface area contributed by atoms with E-state index in [-0.39, 0.29) is 0 Å². The van der Waals surface area contributed by atoms with Gasteiger partial charge in [-0.25, -0.2) is 0 Å². The van der Waals surface area contributed by atoms with Gasteiger partial charge in [0.05, 0.1) is 0 Å². The third-order valence-corrected chi connectivity index (χ3v) is 2.45. The van der Waals surface area contributed by atoms with E-state index in [0.29, 0.717) is 0 Å². The lowest BCUT2D eigenvalue weighted by atomic mass is 9.88. The lowest BCUT2D eigenvalue weighted by Crippen LogP contribution is -2.00. The van der Waals surface area contributed by atoms with E-state index in [9.17, 15) is 0 Å². The monoisotopic (exact) mass is 159 g/mol. The van der Waals surface area contributed by atoms with E-state index in [1.54, 1.807) is 0 Å². The van der Waals surface area contributed by atoms with E-state index >= 15 is 0 Å².